The van der Waals surface area contributed by atoms with Crippen LogP contribution in [0.15, 0.2) is 32.9 Å². The molecule has 0 saturated carbocycles. The Morgan fingerprint density at radius 1 is 1.24 bits per heavy atom. The third-order valence-corrected chi connectivity index (χ3v) is 3.93. The van der Waals surface area contributed by atoms with E-state index in [2.05, 4.69) is 30.9 Å². The molecule has 0 radical (unpaired) electrons. The van der Waals surface area contributed by atoms with Gasteiger partial charge in [-0.2, -0.15) is 0 Å². The molecule has 2 aromatic heterocycles. The number of aromatic nitrogens is 3. The first-order valence-electron chi connectivity index (χ1n) is 4.86. The molecular formula is C11H9BrClN3S. The molecule has 0 atom stereocenters. The molecule has 2 aromatic rings. The average Bonchev–Trinajstić information content (AvgIpc) is 2.28. The molecule has 88 valence electrons. The zero-order chi connectivity index (χ0) is 12.4. The van der Waals surface area contributed by atoms with E-state index in [0.717, 1.165) is 20.1 Å². The van der Waals surface area contributed by atoms with Gasteiger partial charge < -0.3 is 0 Å². The van der Waals surface area contributed by atoms with Crippen molar-refractivity contribution in [2.75, 3.05) is 0 Å². The molecule has 2 rings (SSSR count). The van der Waals surface area contributed by atoms with Gasteiger partial charge in [-0.15, -0.1) is 0 Å². The Balaban J connectivity index is 2.32. The van der Waals surface area contributed by atoms with Gasteiger partial charge in [0.1, 0.15) is 21.0 Å². The molecule has 0 aromatic carbocycles. The molecule has 0 spiro atoms. The molecule has 0 aliphatic rings. The molecule has 0 fully saturated rings. The van der Waals surface area contributed by atoms with E-state index in [1.165, 1.54) is 11.8 Å². The predicted octanol–water partition coefficient (Wildman–Crippen LogP) is 4.06. The lowest BCUT2D eigenvalue weighted by molar-refractivity contribution is 0.935. The van der Waals surface area contributed by atoms with Crippen LogP contribution in [0.4, 0.5) is 0 Å². The summed E-state index contributed by atoms with van der Waals surface area (Å²) in [4.78, 5) is 12.8. The van der Waals surface area contributed by atoms with E-state index in [4.69, 9.17) is 11.6 Å². The van der Waals surface area contributed by atoms with Crippen LogP contribution >= 0.6 is 39.3 Å². The third kappa shape index (κ3) is 3.18. The van der Waals surface area contributed by atoms with E-state index in [9.17, 15) is 0 Å². The van der Waals surface area contributed by atoms with Crippen LogP contribution in [0.2, 0.25) is 5.15 Å². The maximum atomic E-state index is 6.02. The summed E-state index contributed by atoms with van der Waals surface area (Å²) in [5, 5.41) is 2.22. The Bertz CT molecular complexity index is 545. The first-order chi connectivity index (χ1) is 8.06. The molecule has 0 aliphatic carbocycles. The zero-order valence-corrected chi connectivity index (χ0v) is 12.4. The number of nitrogens with zero attached hydrogens (tertiary/aromatic N) is 3. The minimum absolute atomic E-state index is 0.497. The molecule has 0 aliphatic heterocycles. The van der Waals surface area contributed by atoms with Crippen molar-refractivity contribution in [2.45, 2.75) is 23.9 Å². The number of hydrogen-bond acceptors (Lipinski definition) is 4. The van der Waals surface area contributed by atoms with Crippen LogP contribution in [0.1, 0.15) is 11.4 Å². The lowest BCUT2D eigenvalue weighted by Crippen LogP contribution is -1.95. The first kappa shape index (κ1) is 12.8. The summed E-state index contributed by atoms with van der Waals surface area (Å²) in [5.74, 6) is 0.667. The van der Waals surface area contributed by atoms with Crippen molar-refractivity contribution in [1.82, 2.24) is 15.0 Å². The minimum Gasteiger partial charge on any atom is -0.248 e. The quantitative estimate of drug-likeness (QED) is 0.779. The van der Waals surface area contributed by atoms with Gasteiger partial charge in [-0.05, 0) is 53.7 Å². The van der Waals surface area contributed by atoms with Crippen LogP contribution in [0.5, 0.6) is 0 Å². The summed E-state index contributed by atoms with van der Waals surface area (Å²) in [6.07, 6.45) is 1.76. The van der Waals surface area contributed by atoms with Crippen molar-refractivity contribution in [2.24, 2.45) is 0 Å². The Hall–Kier alpha value is -0.650. The fourth-order valence-electron chi connectivity index (χ4n) is 1.19. The van der Waals surface area contributed by atoms with Crippen LogP contribution < -0.4 is 0 Å². The highest BCUT2D eigenvalue weighted by Crippen LogP contribution is 2.30. The van der Waals surface area contributed by atoms with Crippen molar-refractivity contribution >= 4 is 39.3 Å². The Kier molecular flexibility index (Phi) is 4.01. The van der Waals surface area contributed by atoms with Gasteiger partial charge in [0, 0.05) is 16.2 Å². The number of aryl methyl sites for hydroxylation is 1. The maximum Gasteiger partial charge on any atom is 0.136 e. The summed E-state index contributed by atoms with van der Waals surface area (Å²) >= 11 is 10.9. The fourth-order valence-corrected chi connectivity index (χ4v) is 2.56. The van der Waals surface area contributed by atoms with E-state index in [1.807, 2.05) is 26.0 Å². The SMILES string of the molecule is Cc1nc(Cl)c(C)c(Sc2ccc(Br)cn2)n1. The monoisotopic (exact) mass is 329 g/mol. The second-order valence-corrected chi connectivity index (χ2v) is 5.69. The van der Waals surface area contributed by atoms with Crippen LogP contribution in [0, 0.1) is 13.8 Å². The number of halogens is 2. The Morgan fingerprint density at radius 2 is 2.00 bits per heavy atom. The largest absolute Gasteiger partial charge is 0.248 e. The highest BCUT2D eigenvalue weighted by atomic mass is 79.9. The number of pyridine rings is 1. The van der Waals surface area contributed by atoms with Crippen LogP contribution in [0.25, 0.3) is 0 Å². The Morgan fingerprint density at radius 3 is 2.65 bits per heavy atom. The smallest absolute Gasteiger partial charge is 0.136 e. The van der Waals surface area contributed by atoms with Crippen LogP contribution in [0.3, 0.4) is 0 Å². The van der Waals surface area contributed by atoms with E-state index in [-0.39, 0.29) is 0 Å². The van der Waals surface area contributed by atoms with Gasteiger partial charge in [-0.3, -0.25) is 0 Å². The van der Waals surface area contributed by atoms with Crippen LogP contribution in [-0.4, -0.2) is 15.0 Å². The van der Waals surface area contributed by atoms with E-state index in [1.54, 1.807) is 6.20 Å². The number of rotatable bonds is 2. The molecule has 0 bridgehead atoms. The molecule has 0 amide bonds. The summed E-state index contributed by atoms with van der Waals surface area (Å²) < 4.78 is 0.954. The van der Waals surface area contributed by atoms with E-state index < -0.39 is 0 Å². The molecule has 3 nitrogen and oxygen atoms in total. The van der Waals surface area contributed by atoms with Crippen molar-refractivity contribution in [3.63, 3.8) is 0 Å². The zero-order valence-electron chi connectivity index (χ0n) is 9.24. The summed E-state index contributed by atoms with van der Waals surface area (Å²) in [6, 6.07) is 3.87. The van der Waals surface area contributed by atoms with Gasteiger partial charge >= 0.3 is 0 Å². The molecule has 17 heavy (non-hydrogen) atoms. The minimum atomic E-state index is 0.497. The molecule has 0 unspecified atom stereocenters. The third-order valence-electron chi connectivity index (χ3n) is 2.06. The summed E-state index contributed by atoms with van der Waals surface area (Å²) in [7, 11) is 0. The molecule has 6 heteroatoms. The normalized spacial score (nSPS) is 10.6. The molecular weight excluding hydrogens is 322 g/mol. The summed E-state index contributed by atoms with van der Waals surface area (Å²) in [6.45, 7) is 3.73. The standard InChI is InChI=1S/C11H9BrClN3S/c1-6-10(13)15-7(2)16-11(6)17-9-4-3-8(12)5-14-9/h3-5H,1-2H3. The number of hydrogen-bond donors (Lipinski definition) is 0. The topological polar surface area (TPSA) is 38.7 Å². The van der Waals surface area contributed by atoms with Gasteiger partial charge in [-0.25, -0.2) is 15.0 Å². The lowest BCUT2D eigenvalue weighted by atomic mass is 10.4. The molecule has 0 saturated heterocycles. The highest BCUT2D eigenvalue weighted by molar-refractivity contribution is 9.10. The first-order valence-corrected chi connectivity index (χ1v) is 6.85. The average molecular weight is 331 g/mol. The van der Waals surface area contributed by atoms with Crippen LogP contribution in [-0.2, 0) is 0 Å². The van der Waals surface area contributed by atoms with Gasteiger partial charge in [0.25, 0.3) is 0 Å². The predicted molar refractivity (Wildman–Crippen MR) is 72.6 cm³/mol. The van der Waals surface area contributed by atoms with Crippen molar-refractivity contribution in [3.05, 3.63) is 39.3 Å². The summed E-state index contributed by atoms with van der Waals surface area (Å²) in [5.41, 5.74) is 0.881. The van der Waals surface area contributed by atoms with E-state index in [0.29, 0.717) is 11.0 Å². The maximum absolute atomic E-state index is 6.02. The van der Waals surface area contributed by atoms with E-state index >= 15 is 0 Å². The second kappa shape index (κ2) is 5.33. The molecule has 0 N–H and O–H groups in total. The van der Waals surface area contributed by atoms with Crippen molar-refractivity contribution in [1.29, 1.82) is 0 Å². The fraction of sp³-hybridized carbons (Fsp3) is 0.182. The van der Waals surface area contributed by atoms with Crippen molar-refractivity contribution in [3.8, 4) is 0 Å². The lowest BCUT2D eigenvalue weighted by Gasteiger charge is -2.06. The second-order valence-electron chi connectivity index (χ2n) is 3.41. The van der Waals surface area contributed by atoms with Gasteiger partial charge in [0.2, 0.25) is 0 Å². The molecule has 2 heterocycles. The Labute approximate surface area is 117 Å². The van der Waals surface area contributed by atoms with Gasteiger partial charge in [0.15, 0.2) is 0 Å². The highest BCUT2D eigenvalue weighted by Gasteiger charge is 2.09. The van der Waals surface area contributed by atoms with Crippen molar-refractivity contribution < 1.29 is 0 Å². The van der Waals surface area contributed by atoms with Gasteiger partial charge in [0.05, 0.1) is 0 Å². The van der Waals surface area contributed by atoms with Gasteiger partial charge in [-0.1, -0.05) is 11.6 Å².